The molecule has 5 heteroatoms. The molecule has 0 heterocycles. The van der Waals surface area contributed by atoms with E-state index in [9.17, 15) is 14.7 Å². The molecule has 0 aliphatic carbocycles. The molecule has 1 aromatic rings. The highest BCUT2D eigenvalue weighted by Gasteiger charge is 2.08. The number of carboxylic acid groups (broad SMARTS) is 1. The lowest BCUT2D eigenvalue weighted by molar-refractivity contribution is -0.147. The minimum atomic E-state index is -1.01. The van der Waals surface area contributed by atoms with E-state index in [2.05, 4.69) is 0 Å². The Morgan fingerprint density at radius 1 is 1.15 bits per heavy atom. The van der Waals surface area contributed by atoms with Gasteiger partial charge in [0.2, 0.25) is 0 Å². The van der Waals surface area contributed by atoms with Gasteiger partial charge >= 0.3 is 11.9 Å². The fraction of sp³-hybridized carbons (Fsp3) is 0.467. The van der Waals surface area contributed by atoms with Gasteiger partial charge in [0.25, 0.3) is 0 Å². The Hall–Kier alpha value is -1.88. The Kier molecular flexibility index (Phi) is 7.35. The van der Waals surface area contributed by atoms with Crippen molar-refractivity contribution in [2.75, 3.05) is 6.61 Å². The predicted molar refractivity (Wildman–Crippen MR) is 73.2 cm³/mol. The van der Waals surface area contributed by atoms with E-state index in [-0.39, 0.29) is 19.4 Å². The van der Waals surface area contributed by atoms with Crippen molar-refractivity contribution in [1.29, 1.82) is 0 Å². The van der Waals surface area contributed by atoms with E-state index in [4.69, 9.17) is 9.84 Å². The number of carbonyl (C=O) groups is 2. The van der Waals surface area contributed by atoms with Crippen molar-refractivity contribution in [3.05, 3.63) is 35.9 Å². The summed E-state index contributed by atoms with van der Waals surface area (Å²) in [4.78, 5) is 21.4. The maximum atomic E-state index is 11.1. The molecule has 0 saturated carbocycles. The lowest BCUT2D eigenvalue weighted by atomic mass is 10.0. The van der Waals surface area contributed by atoms with Crippen LogP contribution in [-0.4, -0.2) is 34.9 Å². The SMILES string of the molecule is O=C(O)CCC(=O)OCCCC(O)Cc1ccccc1. The summed E-state index contributed by atoms with van der Waals surface area (Å²) >= 11 is 0. The molecular weight excluding hydrogens is 260 g/mol. The van der Waals surface area contributed by atoms with E-state index in [0.29, 0.717) is 19.3 Å². The van der Waals surface area contributed by atoms with Gasteiger partial charge in [0.15, 0.2) is 0 Å². The summed E-state index contributed by atoms with van der Waals surface area (Å²) in [5.41, 5.74) is 1.07. The molecule has 5 nitrogen and oxygen atoms in total. The average molecular weight is 280 g/mol. The van der Waals surface area contributed by atoms with Gasteiger partial charge in [-0.05, 0) is 24.8 Å². The van der Waals surface area contributed by atoms with Crippen LogP contribution in [0.1, 0.15) is 31.2 Å². The van der Waals surface area contributed by atoms with Crippen molar-refractivity contribution < 1.29 is 24.5 Å². The van der Waals surface area contributed by atoms with Crippen LogP contribution >= 0.6 is 0 Å². The second-order valence-corrected chi connectivity index (χ2v) is 4.60. The maximum Gasteiger partial charge on any atom is 0.306 e. The molecule has 0 saturated heterocycles. The van der Waals surface area contributed by atoms with Gasteiger partial charge in [-0.3, -0.25) is 9.59 Å². The van der Waals surface area contributed by atoms with Gasteiger partial charge in [-0.1, -0.05) is 30.3 Å². The Balaban J connectivity index is 2.09. The van der Waals surface area contributed by atoms with Crippen LogP contribution in [0.15, 0.2) is 30.3 Å². The third-order valence-corrected chi connectivity index (χ3v) is 2.80. The zero-order chi connectivity index (χ0) is 14.8. The van der Waals surface area contributed by atoms with Crippen molar-refractivity contribution in [1.82, 2.24) is 0 Å². The number of carboxylic acids is 1. The van der Waals surface area contributed by atoms with Gasteiger partial charge in [0, 0.05) is 0 Å². The monoisotopic (exact) mass is 280 g/mol. The van der Waals surface area contributed by atoms with Crippen molar-refractivity contribution >= 4 is 11.9 Å². The fourth-order valence-electron chi connectivity index (χ4n) is 1.77. The average Bonchev–Trinajstić information content (AvgIpc) is 2.42. The van der Waals surface area contributed by atoms with E-state index in [0.717, 1.165) is 5.56 Å². The van der Waals surface area contributed by atoms with Gasteiger partial charge in [-0.15, -0.1) is 0 Å². The molecular formula is C15H20O5. The van der Waals surface area contributed by atoms with Gasteiger partial charge in [-0.25, -0.2) is 0 Å². The summed E-state index contributed by atoms with van der Waals surface area (Å²) in [5, 5.41) is 18.2. The number of carbonyl (C=O) groups excluding carboxylic acids is 1. The normalized spacial score (nSPS) is 11.8. The van der Waals surface area contributed by atoms with Crippen LogP contribution in [0.5, 0.6) is 0 Å². The number of hydrogen-bond acceptors (Lipinski definition) is 4. The molecule has 0 aromatic heterocycles. The van der Waals surface area contributed by atoms with Crippen LogP contribution < -0.4 is 0 Å². The Labute approximate surface area is 118 Å². The lowest BCUT2D eigenvalue weighted by Gasteiger charge is -2.10. The van der Waals surface area contributed by atoms with Crippen molar-refractivity contribution in [3.8, 4) is 0 Å². The smallest absolute Gasteiger partial charge is 0.306 e. The van der Waals surface area contributed by atoms with Crippen LogP contribution in [0, 0.1) is 0 Å². The topological polar surface area (TPSA) is 83.8 Å². The highest BCUT2D eigenvalue weighted by molar-refractivity contribution is 5.76. The first-order valence-electron chi connectivity index (χ1n) is 6.67. The first-order chi connectivity index (χ1) is 9.58. The van der Waals surface area contributed by atoms with E-state index in [1.54, 1.807) is 0 Å². The Morgan fingerprint density at radius 2 is 1.85 bits per heavy atom. The molecule has 1 aromatic carbocycles. The van der Waals surface area contributed by atoms with E-state index in [1.165, 1.54) is 0 Å². The Morgan fingerprint density at radius 3 is 2.50 bits per heavy atom. The van der Waals surface area contributed by atoms with E-state index in [1.807, 2.05) is 30.3 Å². The summed E-state index contributed by atoms with van der Waals surface area (Å²) in [6.07, 6.45) is 0.897. The zero-order valence-corrected chi connectivity index (χ0v) is 11.3. The number of ether oxygens (including phenoxy) is 1. The first kappa shape index (κ1) is 16.2. The van der Waals surface area contributed by atoms with Crippen LogP contribution in [-0.2, 0) is 20.7 Å². The number of aliphatic hydroxyl groups is 1. The molecule has 0 fully saturated rings. The molecule has 0 spiro atoms. The summed E-state index contributed by atoms with van der Waals surface area (Å²) in [5.74, 6) is -1.52. The number of aliphatic hydroxyl groups excluding tert-OH is 1. The van der Waals surface area contributed by atoms with Gasteiger partial charge in [0.1, 0.15) is 0 Å². The second-order valence-electron chi connectivity index (χ2n) is 4.60. The fourth-order valence-corrected chi connectivity index (χ4v) is 1.77. The largest absolute Gasteiger partial charge is 0.481 e. The molecule has 2 N–H and O–H groups in total. The van der Waals surface area contributed by atoms with Crippen molar-refractivity contribution in [2.24, 2.45) is 0 Å². The van der Waals surface area contributed by atoms with E-state index < -0.39 is 18.0 Å². The molecule has 20 heavy (non-hydrogen) atoms. The summed E-state index contributed by atoms with van der Waals surface area (Å²) in [7, 11) is 0. The Bertz CT molecular complexity index is 416. The maximum absolute atomic E-state index is 11.1. The summed E-state index contributed by atoms with van der Waals surface area (Å²) < 4.78 is 4.88. The van der Waals surface area contributed by atoms with Crippen LogP contribution in [0.3, 0.4) is 0 Å². The quantitative estimate of drug-likeness (QED) is 0.532. The van der Waals surface area contributed by atoms with Crippen LogP contribution in [0.4, 0.5) is 0 Å². The molecule has 1 rings (SSSR count). The highest BCUT2D eigenvalue weighted by Crippen LogP contribution is 2.07. The summed E-state index contributed by atoms with van der Waals surface area (Å²) in [6, 6.07) is 9.68. The molecule has 0 aliphatic rings. The standard InChI is InChI=1S/C15H20O5/c16-13(11-12-5-2-1-3-6-12)7-4-10-20-15(19)9-8-14(17)18/h1-3,5-6,13,16H,4,7-11H2,(H,17,18). The minimum absolute atomic E-state index is 0.109. The highest BCUT2D eigenvalue weighted by atomic mass is 16.5. The lowest BCUT2D eigenvalue weighted by Crippen LogP contribution is -2.13. The second kappa shape index (κ2) is 9.09. The number of hydrogen-bond donors (Lipinski definition) is 2. The third kappa shape index (κ3) is 7.53. The number of aliphatic carboxylic acids is 1. The van der Waals surface area contributed by atoms with Gasteiger partial charge in [0.05, 0.1) is 25.6 Å². The minimum Gasteiger partial charge on any atom is -0.481 e. The molecule has 1 unspecified atom stereocenters. The van der Waals surface area contributed by atoms with Crippen LogP contribution in [0.2, 0.25) is 0 Å². The van der Waals surface area contributed by atoms with Crippen molar-refractivity contribution in [3.63, 3.8) is 0 Å². The van der Waals surface area contributed by atoms with E-state index >= 15 is 0 Å². The number of rotatable bonds is 9. The molecule has 110 valence electrons. The molecule has 0 bridgehead atoms. The molecule has 0 radical (unpaired) electrons. The zero-order valence-electron chi connectivity index (χ0n) is 11.3. The first-order valence-corrected chi connectivity index (χ1v) is 6.67. The van der Waals surface area contributed by atoms with Gasteiger partial charge in [-0.2, -0.15) is 0 Å². The third-order valence-electron chi connectivity index (χ3n) is 2.80. The van der Waals surface area contributed by atoms with Gasteiger partial charge < -0.3 is 14.9 Å². The van der Waals surface area contributed by atoms with Crippen molar-refractivity contribution in [2.45, 2.75) is 38.2 Å². The predicted octanol–water partition coefficient (Wildman–Crippen LogP) is 1.78. The molecule has 0 amide bonds. The number of benzene rings is 1. The van der Waals surface area contributed by atoms with Crippen LogP contribution in [0.25, 0.3) is 0 Å². The summed E-state index contributed by atoms with van der Waals surface area (Å²) in [6.45, 7) is 0.213. The molecule has 0 aliphatic heterocycles. The number of esters is 1. The molecule has 1 atom stereocenters.